The number of nitrogens with one attached hydrogen (secondary N) is 1. The van der Waals surface area contributed by atoms with Crippen molar-refractivity contribution in [2.75, 3.05) is 11.1 Å². The monoisotopic (exact) mass is 473 g/mol. The van der Waals surface area contributed by atoms with E-state index in [2.05, 4.69) is 40.1 Å². The second-order valence-electron chi connectivity index (χ2n) is 7.35. The Kier molecular flexibility index (Phi) is 7.14. The Hall–Kier alpha value is -2.12. The van der Waals surface area contributed by atoms with E-state index in [9.17, 15) is 9.59 Å². The summed E-state index contributed by atoms with van der Waals surface area (Å²) in [6.45, 7) is 6.78. The molecule has 0 bridgehead atoms. The van der Waals surface area contributed by atoms with Crippen molar-refractivity contribution in [1.82, 2.24) is 9.55 Å². The van der Waals surface area contributed by atoms with Crippen molar-refractivity contribution in [3.8, 4) is 0 Å². The number of rotatable bonds is 7. The number of carbonyl (C=O) groups excluding carboxylic acids is 1. The molecule has 0 aliphatic heterocycles. The van der Waals surface area contributed by atoms with E-state index in [4.69, 9.17) is 0 Å². The number of aromatic nitrogens is 2. The number of carbonyl (C=O) groups is 1. The van der Waals surface area contributed by atoms with Crippen LogP contribution in [-0.4, -0.2) is 21.2 Å². The molecule has 0 aliphatic rings. The van der Waals surface area contributed by atoms with Crippen LogP contribution >= 0.6 is 27.7 Å². The summed E-state index contributed by atoms with van der Waals surface area (Å²) in [6, 6.07) is 13.1. The van der Waals surface area contributed by atoms with Crippen LogP contribution in [0.15, 0.2) is 56.9 Å². The van der Waals surface area contributed by atoms with Gasteiger partial charge in [-0.1, -0.05) is 53.7 Å². The molecule has 3 rings (SSSR count). The van der Waals surface area contributed by atoms with Crippen LogP contribution in [0, 0.1) is 12.8 Å². The highest BCUT2D eigenvalue weighted by molar-refractivity contribution is 9.10. The van der Waals surface area contributed by atoms with Gasteiger partial charge in [-0.25, -0.2) is 4.98 Å². The fourth-order valence-electron chi connectivity index (χ4n) is 2.93. The predicted molar refractivity (Wildman–Crippen MR) is 124 cm³/mol. The van der Waals surface area contributed by atoms with Crippen molar-refractivity contribution in [1.29, 1.82) is 0 Å². The van der Waals surface area contributed by atoms with Crippen molar-refractivity contribution in [2.24, 2.45) is 5.92 Å². The summed E-state index contributed by atoms with van der Waals surface area (Å²) in [5.74, 6) is 0.523. The first kappa shape index (κ1) is 21.6. The summed E-state index contributed by atoms with van der Waals surface area (Å²) >= 11 is 4.72. The van der Waals surface area contributed by atoms with E-state index in [1.807, 2.05) is 43.3 Å². The Balaban J connectivity index is 1.81. The van der Waals surface area contributed by atoms with Gasteiger partial charge in [0.25, 0.3) is 5.56 Å². The van der Waals surface area contributed by atoms with Gasteiger partial charge in [0.2, 0.25) is 5.91 Å². The van der Waals surface area contributed by atoms with Gasteiger partial charge in [0, 0.05) is 16.7 Å². The summed E-state index contributed by atoms with van der Waals surface area (Å²) in [5, 5.41) is 4.12. The van der Waals surface area contributed by atoms with Crippen LogP contribution in [-0.2, 0) is 11.3 Å². The molecule has 0 saturated carbocycles. The molecule has 152 valence electrons. The maximum Gasteiger partial charge on any atom is 0.262 e. The summed E-state index contributed by atoms with van der Waals surface area (Å²) in [7, 11) is 0. The Morgan fingerprint density at radius 2 is 2.00 bits per heavy atom. The highest BCUT2D eigenvalue weighted by Crippen LogP contribution is 2.22. The molecule has 0 saturated heterocycles. The number of benzene rings is 2. The van der Waals surface area contributed by atoms with Gasteiger partial charge in [0.05, 0.1) is 16.7 Å². The number of halogens is 1. The third kappa shape index (κ3) is 5.48. The molecule has 29 heavy (non-hydrogen) atoms. The molecule has 0 unspecified atom stereocenters. The molecule has 0 atom stereocenters. The van der Waals surface area contributed by atoms with E-state index < -0.39 is 0 Å². The van der Waals surface area contributed by atoms with Crippen LogP contribution in [0.25, 0.3) is 10.9 Å². The molecule has 0 fully saturated rings. The molecular weight excluding hydrogens is 450 g/mol. The van der Waals surface area contributed by atoms with E-state index in [0.29, 0.717) is 28.5 Å². The van der Waals surface area contributed by atoms with Crippen molar-refractivity contribution in [3.63, 3.8) is 0 Å². The van der Waals surface area contributed by atoms with E-state index >= 15 is 0 Å². The number of hydrogen-bond donors (Lipinski definition) is 1. The van der Waals surface area contributed by atoms with Gasteiger partial charge in [-0.2, -0.15) is 0 Å². The number of aryl methyl sites for hydroxylation is 1. The van der Waals surface area contributed by atoms with Gasteiger partial charge in [-0.3, -0.25) is 14.2 Å². The lowest BCUT2D eigenvalue weighted by Gasteiger charge is -2.14. The van der Waals surface area contributed by atoms with Gasteiger partial charge in [-0.05, 0) is 55.2 Å². The summed E-state index contributed by atoms with van der Waals surface area (Å²) in [4.78, 5) is 30.1. The van der Waals surface area contributed by atoms with Crippen LogP contribution in [0.3, 0.4) is 0 Å². The maximum absolute atomic E-state index is 13.0. The van der Waals surface area contributed by atoms with Crippen LogP contribution in [0.4, 0.5) is 5.69 Å². The third-order valence-electron chi connectivity index (χ3n) is 4.55. The number of nitrogens with zero attached hydrogens (tertiary/aromatic N) is 2. The lowest BCUT2D eigenvalue weighted by Crippen LogP contribution is -2.25. The second-order valence-corrected chi connectivity index (χ2v) is 9.21. The highest BCUT2D eigenvalue weighted by atomic mass is 79.9. The number of thioether (sulfide) groups is 1. The van der Waals surface area contributed by atoms with Crippen LogP contribution in [0.1, 0.15) is 25.8 Å². The van der Waals surface area contributed by atoms with Gasteiger partial charge in [0.1, 0.15) is 0 Å². The van der Waals surface area contributed by atoms with E-state index in [1.54, 1.807) is 10.6 Å². The van der Waals surface area contributed by atoms with Gasteiger partial charge < -0.3 is 5.32 Å². The van der Waals surface area contributed by atoms with Crippen molar-refractivity contribution >= 4 is 50.2 Å². The number of para-hydroxylation sites is 1. The van der Waals surface area contributed by atoms with Gasteiger partial charge in [-0.15, -0.1) is 0 Å². The van der Waals surface area contributed by atoms with Gasteiger partial charge in [0.15, 0.2) is 5.16 Å². The first-order chi connectivity index (χ1) is 13.8. The predicted octanol–water partition coefficient (Wildman–Crippen LogP) is 5.24. The number of hydrogen-bond acceptors (Lipinski definition) is 4. The Labute approximate surface area is 183 Å². The molecular formula is C22H24BrN3O2S. The van der Waals surface area contributed by atoms with Crippen LogP contribution < -0.4 is 10.9 Å². The molecule has 0 radical (unpaired) electrons. The molecule has 1 N–H and O–H groups in total. The Morgan fingerprint density at radius 3 is 2.72 bits per heavy atom. The topological polar surface area (TPSA) is 64.0 Å². The first-order valence-corrected chi connectivity index (χ1v) is 11.3. The summed E-state index contributed by atoms with van der Waals surface area (Å²) < 4.78 is 2.67. The number of amides is 1. The third-order valence-corrected chi connectivity index (χ3v) is 6.02. The fraction of sp³-hybridized carbons (Fsp3) is 0.318. The maximum atomic E-state index is 13.0. The zero-order chi connectivity index (χ0) is 21.0. The molecule has 2 aromatic carbocycles. The Morgan fingerprint density at radius 1 is 1.24 bits per heavy atom. The van der Waals surface area contributed by atoms with E-state index in [0.717, 1.165) is 22.1 Å². The summed E-state index contributed by atoms with van der Waals surface area (Å²) in [6.07, 6.45) is 0.873. The summed E-state index contributed by atoms with van der Waals surface area (Å²) in [5.41, 5.74) is 2.37. The lowest BCUT2D eigenvalue weighted by atomic mass is 10.1. The molecule has 5 nitrogen and oxygen atoms in total. The van der Waals surface area contributed by atoms with E-state index in [-0.39, 0.29) is 17.2 Å². The van der Waals surface area contributed by atoms with Crippen molar-refractivity contribution < 1.29 is 4.79 Å². The molecule has 7 heteroatoms. The standard InChI is InChI=1S/C22H24BrN3O2S/c1-14(2)10-11-26-21(28)17-6-4-5-7-19(17)25-22(26)29-13-20(27)24-18-9-8-16(23)12-15(18)3/h4-9,12,14H,10-11,13H2,1-3H3,(H,24,27). The smallest absolute Gasteiger partial charge is 0.262 e. The van der Waals surface area contributed by atoms with Crippen LogP contribution in [0.5, 0.6) is 0 Å². The van der Waals surface area contributed by atoms with Gasteiger partial charge >= 0.3 is 0 Å². The number of fused-ring (bicyclic) bond motifs is 1. The highest BCUT2D eigenvalue weighted by Gasteiger charge is 2.14. The average Bonchev–Trinajstić information content (AvgIpc) is 2.68. The van der Waals surface area contributed by atoms with E-state index in [1.165, 1.54) is 11.8 Å². The average molecular weight is 474 g/mol. The van der Waals surface area contributed by atoms with Crippen molar-refractivity contribution in [3.05, 3.63) is 62.9 Å². The molecule has 3 aromatic rings. The fourth-order valence-corrected chi connectivity index (χ4v) is 4.23. The minimum atomic E-state index is -0.127. The minimum Gasteiger partial charge on any atom is -0.325 e. The van der Waals surface area contributed by atoms with Crippen molar-refractivity contribution in [2.45, 2.75) is 38.9 Å². The largest absolute Gasteiger partial charge is 0.325 e. The zero-order valence-corrected chi connectivity index (χ0v) is 19.1. The second kappa shape index (κ2) is 9.59. The molecule has 1 amide bonds. The zero-order valence-electron chi connectivity index (χ0n) is 16.7. The SMILES string of the molecule is Cc1cc(Br)ccc1NC(=O)CSc1nc2ccccc2c(=O)n1CCC(C)C. The molecule has 0 spiro atoms. The molecule has 1 heterocycles. The normalized spacial score (nSPS) is 11.2. The first-order valence-electron chi connectivity index (χ1n) is 9.53. The number of anilines is 1. The van der Waals surface area contributed by atoms with Crippen LogP contribution in [0.2, 0.25) is 0 Å². The quantitative estimate of drug-likeness (QED) is 0.376. The molecule has 0 aliphatic carbocycles. The minimum absolute atomic E-state index is 0.0529. The lowest BCUT2D eigenvalue weighted by molar-refractivity contribution is -0.113. The molecule has 1 aromatic heterocycles. The Bertz CT molecular complexity index is 1100.